The molecule has 2 aromatic carbocycles. The molecule has 9 heteroatoms. The quantitative estimate of drug-likeness (QED) is 0.614. The Kier molecular flexibility index (Phi) is 5.14. The Hall–Kier alpha value is -2.55. The Morgan fingerprint density at radius 1 is 1.19 bits per heavy atom. The van der Waals surface area contributed by atoms with Crippen LogP contribution in [0.1, 0.15) is 22.6 Å². The van der Waals surface area contributed by atoms with Crippen LogP contribution in [0, 0.1) is 0 Å². The predicted molar refractivity (Wildman–Crippen MR) is 96.0 cm³/mol. The molecular formula is C18H18F3N3O2S. The lowest BCUT2D eigenvalue weighted by molar-refractivity contribution is -0.137. The van der Waals surface area contributed by atoms with Crippen LogP contribution >= 0.6 is 0 Å². The van der Waals surface area contributed by atoms with Crippen LogP contribution in [0.5, 0.6) is 0 Å². The molecule has 1 aliphatic heterocycles. The summed E-state index contributed by atoms with van der Waals surface area (Å²) in [4.78, 5) is 4.37. The highest BCUT2D eigenvalue weighted by Crippen LogP contribution is 2.34. The maximum atomic E-state index is 12.7. The van der Waals surface area contributed by atoms with Crippen LogP contribution in [0.4, 0.5) is 13.2 Å². The predicted octanol–water partition coefficient (Wildman–Crippen LogP) is 2.68. The molecule has 0 saturated heterocycles. The van der Waals surface area contributed by atoms with Gasteiger partial charge < -0.3 is 11.1 Å². The summed E-state index contributed by atoms with van der Waals surface area (Å²) in [5.74, 6) is -0.219. The second kappa shape index (κ2) is 7.22. The summed E-state index contributed by atoms with van der Waals surface area (Å²) < 4.78 is 62.5. The minimum absolute atomic E-state index is 0.0116. The van der Waals surface area contributed by atoms with Gasteiger partial charge in [0.15, 0.2) is 15.8 Å². The zero-order valence-corrected chi connectivity index (χ0v) is 15.0. The molecule has 0 fully saturated rings. The first-order chi connectivity index (χ1) is 12.7. The molecule has 3 rings (SSSR count). The van der Waals surface area contributed by atoms with Crippen molar-refractivity contribution in [2.45, 2.75) is 23.5 Å². The molecule has 5 nitrogen and oxygen atoms in total. The lowest BCUT2D eigenvalue weighted by atomic mass is 10.0. The van der Waals surface area contributed by atoms with Gasteiger partial charge in [0.05, 0.1) is 22.8 Å². The number of nitrogens with two attached hydrogens (primary N) is 1. The molecule has 27 heavy (non-hydrogen) atoms. The molecule has 0 saturated carbocycles. The number of hydrogen-bond donors (Lipinski definition) is 2. The van der Waals surface area contributed by atoms with Crippen molar-refractivity contribution in [2.24, 2.45) is 10.7 Å². The SMILES string of the molecule is NC(=NCc1cccc(C(F)(F)F)c1)NCC1CS(=O)(=O)c2ccccc21. The van der Waals surface area contributed by atoms with E-state index >= 15 is 0 Å². The Balaban J connectivity index is 1.63. The first kappa shape index (κ1) is 19.2. The van der Waals surface area contributed by atoms with E-state index in [9.17, 15) is 21.6 Å². The van der Waals surface area contributed by atoms with Gasteiger partial charge in [-0.2, -0.15) is 13.2 Å². The minimum atomic E-state index is -4.41. The summed E-state index contributed by atoms with van der Waals surface area (Å²) in [5, 5.41) is 2.86. The number of benzene rings is 2. The molecule has 0 aliphatic carbocycles. The summed E-state index contributed by atoms with van der Waals surface area (Å²) in [6, 6.07) is 11.7. The fourth-order valence-electron chi connectivity index (χ4n) is 3.02. The fourth-order valence-corrected chi connectivity index (χ4v) is 4.91. The molecule has 0 aromatic heterocycles. The van der Waals surface area contributed by atoms with E-state index in [1.807, 2.05) is 0 Å². The van der Waals surface area contributed by atoms with Gasteiger partial charge in [-0.15, -0.1) is 0 Å². The number of nitrogens with one attached hydrogen (secondary N) is 1. The molecule has 1 aliphatic rings. The third kappa shape index (κ3) is 4.41. The smallest absolute Gasteiger partial charge is 0.370 e. The largest absolute Gasteiger partial charge is 0.416 e. The second-order valence-corrected chi connectivity index (χ2v) is 8.30. The lowest BCUT2D eigenvalue weighted by Gasteiger charge is -2.12. The Morgan fingerprint density at radius 2 is 1.93 bits per heavy atom. The minimum Gasteiger partial charge on any atom is -0.370 e. The van der Waals surface area contributed by atoms with Gasteiger partial charge in [0.1, 0.15) is 0 Å². The number of fused-ring (bicyclic) bond motifs is 1. The van der Waals surface area contributed by atoms with Crippen molar-refractivity contribution in [3.8, 4) is 0 Å². The van der Waals surface area contributed by atoms with Crippen molar-refractivity contribution in [1.29, 1.82) is 0 Å². The number of aliphatic imine (C=N–C) groups is 1. The van der Waals surface area contributed by atoms with Crippen molar-refractivity contribution >= 4 is 15.8 Å². The average Bonchev–Trinajstić information content (AvgIpc) is 2.89. The number of nitrogens with zero attached hydrogens (tertiary/aromatic N) is 1. The monoisotopic (exact) mass is 397 g/mol. The first-order valence-electron chi connectivity index (χ1n) is 8.18. The zero-order valence-electron chi connectivity index (χ0n) is 14.2. The van der Waals surface area contributed by atoms with Gasteiger partial charge in [-0.3, -0.25) is 0 Å². The van der Waals surface area contributed by atoms with E-state index in [2.05, 4.69) is 10.3 Å². The average molecular weight is 397 g/mol. The highest BCUT2D eigenvalue weighted by molar-refractivity contribution is 7.91. The number of alkyl halides is 3. The number of halogens is 3. The fraction of sp³-hybridized carbons (Fsp3) is 0.278. The molecule has 1 atom stereocenters. The second-order valence-electron chi connectivity index (χ2n) is 6.30. The van der Waals surface area contributed by atoms with Crippen molar-refractivity contribution in [3.05, 3.63) is 65.2 Å². The van der Waals surface area contributed by atoms with Gasteiger partial charge in [-0.1, -0.05) is 30.3 Å². The normalized spacial score (nSPS) is 18.9. The van der Waals surface area contributed by atoms with Crippen LogP contribution in [-0.4, -0.2) is 26.7 Å². The number of guanidine groups is 1. The van der Waals surface area contributed by atoms with Crippen LogP contribution in [0.2, 0.25) is 0 Å². The van der Waals surface area contributed by atoms with Crippen LogP contribution < -0.4 is 11.1 Å². The lowest BCUT2D eigenvalue weighted by Crippen LogP contribution is -2.35. The van der Waals surface area contributed by atoms with Crippen LogP contribution in [0.3, 0.4) is 0 Å². The first-order valence-corrected chi connectivity index (χ1v) is 9.83. The van der Waals surface area contributed by atoms with Gasteiger partial charge in [0, 0.05) is 12.5 Å². The molecule has 144 valence electrons. The topological polar surface area (TPSA) is 84.5 Å². The molecule has 3 N–H and O–H groups in total. The van der Waals surface area contributed by atoms with Crippen LogP contribution in [0.15, 0.2) is 58.4 Å². The highest BCUT2D eigenvalue weighted by atomic mass is 32.2. The van der Waals surface area contributed by atoms with Crippen LogP contribution in [0.25, 0.3) is 0 Å². The van der Waals surface area contributed by atoms with Crippen molar-refractivity contribution in [1.82, 2.24) is 5.32 Å². The van der Waals surface area contributed by atoms with Gasteiger partial charge in [-0.05, 0) is 29.3 Å². The van der Waals surface area contributed by atoms with E-state index in [1.54, 1.807) is 24.3 Å². The summed E-state index contributed by atoms with van der Waals surface area (Å²) in [6.45, 7) is 0.260. The maximum absolute atomic E-state index is 12.7. The van der Waals surface area contributed by atoms with Gasteiger partial charge >= 0.3 is 6.18 Å². The van der Waals surface area contributed by atoms with Gasteiger partial charge in [-0.25, -0.2) is 13.4 Å². The van der Waals surface area contributed by atoms with Gasteiger partial charge in [0.25, 0.3) is 0 Å². The summed E-state index contributed by atoms with van der Waals surface area (Å²) >= 11 is 0. The maximum Gasteiger partial charge on any atom is 0.416 e. The van der Waals surface area contributed by atoms with E-state index in [-0.39, 0.29) is 30.7 Å². The van der Waals surface area contributed by atoms with Gasteiger partial charge in [0.2, 0.25) is 0 Å². The Labute approximate surface area is 155 Å². The third-order valence-electron chi connectivity index (χ3n) is 4.33. The zero-order chi connectivity index (χ0) is 19.7. The summed E-state index contributed by atoms with van der Waals surface area (Å²) in [5.41, 5.74) is 6.15. The molecule has 0 radical (unpaired) electrons. The van der Waals surface area contributed by atoms with Crippen molar-refractivity contribution in [3.63, 3.8) is 0 Å². The molecule has 2 aromatic rings. The molecule has 0 amide bonds. The Morgan fingerprint density at radius 3 is 2.67 bits per heavy atom. The number of rotatable bonds is 4. The summed E-state index contributed by atoms with van der Waals surface area (Å²) in [6.07, 6.45) is -4.41. The third-order valence-corrected chi connectivity index (χ3v) is 6.21. The molecule has 1 unspecified atom stereocenters. The van der Waals surface area contributed by atoms with E-state index < -0.39 is 21.6 Å². The summed E-state index contributed by atoms with van der Waals surface area (Å²) in [7, 11) is -3.30. The molecule has 1 heterocycles. The Bertz CT molecular complexity index is 972. The number of sulfone groups is 1. The van der Waals surface area contributed by atoms with E-state index in [0.29, 0.717) is 10.5 Å². The number of hydrogen-bond acceptors (Lipinski definition) is 3. The molecule has 0 spiro atoms. The van der Waals surface area contributed by atoms with E-state index in [1.165, 1.54) is 12.1 Å². The van der Waals surface area contributed by atoms with Crippen molar-refractivity contribution in [2.75, 3.05) is 12.3 Å². The molecule has 0 bridgehead atoms. The van der Waals surface area contributed by atoms with E-state index in [0.717, 1.165) is 17.7 Å². The van der Waals surface area contributed by atoms with Crippen molar-refractivity contribution < 1.29 is 21.6 Å². The highest BCUT2D eigenvalue weighted by Gasteiger charge is 2.34. The van der Waals surface area contributed by atoms with Crippen LogP contribution in [-0.2, 0) is 22.6 Å². The molecular weight excluding hydrogens is 379 g/mol. The standard InChI is InChI=1S/C18H18F3N3O2S/c19-18(20,21)14-5-3-4-12(8-14)9-23-17(22)24-10-13-11-27(25,26)16-7-2-1-6-15(13)16/h1-8,13H,9-11H2,(H3,22,23,24). The van der Waals surface area contributed by atoms with E-state index in [4.69, 9.17) is 5.73 Å².